The summed E-state index contributed by atoms with van der Waals surface area (Å²) in [6, 6.07) is 0. The second-order valence-electron chi connectivity index (χ2n) is 5.82. The van der Waals surface area contributed by atoms with Gasteiger partial charge in [-0.1, -0.05) is 6.92 Å². The zero-order chi connectivity index (χ0) is 14.6. The molecule has 1 aliphatic heterocycles. The number of carbonyl (C=O) groups excluding carboxylic acids is 1. The molecular weight excluding hydrogens is 252 g/mol. The number of aryl methyl sites for hydroxylation is 1. The van der Waals surface area contributed by atoms with Crippen LogP contribution in [0.5, 0.6) is 0 Å². The van der Waals surface area contributed by atoms with Crippen molar-refractivity contribution in [1.29, 1.82) is 0 Å². The van der Waals surface area contributed by atoms with E-state index in [0.29, 0.717) is 0 Å². The molecular formula is C15H24N4O. The zero-order valence-electron chi connectivity index (χ0n) is 12.6. The molecule has 2 rings (SSSR count). The standard InChI is InChI=1S/C15H24N4O/c1-4-13-17-8-12(9-18-13)10-19-7-5-6-15(2,11-19)14(20)16-3/h8-9H,4-7,10-11H2,1-3H3,(H,16,20)/t15-/m0/s1. The summed E-state index contributed by atoms with van der Waals surface area (Å²) in [5.41, 5.74) is 0.834. The maximum absolute atomic E-state index is 12.0. The molecule has 0 aromatic carbocycles. The lowest BCUT2D eigenvalue weighted by Gasteiger charge is -2.39. The van der Waals surface area contributed by atoms with Gasteiger partial charge in [0.15, 0.2) is 0 Å². The molecule has 0 radical (unpaired) electrons. The first-order valence-electron chi connectivity index (χ1n) is 7.32. The van der Waals surface area contributed by atoms with Gasteiger partial charge in [-0.15, -0.1) is 0 Å². The molecule has 1 atom stereocenters. The highest BCUT2D eigenvalue weighted by Crippen LogP contribution is 2.30. The van der Waals surface area contributed by atoms with E-state index in [2.05, 4.69) is 34.0 Å². The smallest absolute Gasteiger partial charge is 0.226 e. The summed E-state index contributed by atoms with van der Waals surface area (Å²) in [6.07, 6.45) is 6.67. The van der Waals surface area contributed by atoms with Crippen LogP contribution in [-0.2, 0) is 17.8 Å². The van der Waals surface area contributed by atoms with Gasteiger partial charge in [-0.3, -0.25) is 9.69 Å². The number of aromatic nitrogens is 2. The van der Waals surface area contributed by atoms with Crippen LogP contribution in [-0.4, -0.2) is 40.9 Å². The molecule has 0 spiro atoms. The topological polar surface area (TPSA) is 58.1 Å². The van der Waals surface area contributed by atoms with Crippen LogP contribution < -0.4 is 5.32 Å². The number of amides is 1. The molecule has 0 saturated carbocycles. The summed E-state index contributed by atoms with van der Waals surface area (Å²) >= 11 is 0. The minimum atomic E-state index is -0.281. The van der Waals surface area contributed by atoms with Crippen LogP contribution in [0, 0.1) is 5.41 Å². The van der Waals surface area contributed by atoms with Crippen molar-refractivity contribution in [3.05, 3.63) is 23.8 Å². The van der Waals surface area contributed by atoms with E-state index >= 15 is 0 Å². The van der Waals surface area contributed by atoms with Crippen LogP contribution in [0.2, 0.25) is 0 Å². The quantitative estimate of drug-likeness (QED) is 0.903. The Bertz CT molecular complexity index is 459. The number of hydrogen-bond donors (Lipinski definition) is 1. The monoisotopic (exact) mass is 276 g/mol. The van der Waals surface area contributed by atoms with Crippen molar-refractivity contribution >= 4 is 5.91 Å². The summed E-state index contributed by atoms with van der Waals surface area (Å²) < 4.78 is 0. The number of likely N-dealkylation sites (tertiary alicyclic amines) is 1. The Morgan fingerprint density at radius 2 is 2.15 bits per heavy atom. The molecule has 1 fully saturated rings. The van der Waals surface area contributed by atoms with Gasteiger partial charge in [-0.2, -0.15) is 0 Å². The maximum Gasteiger partial charge on any atom is 0.226 e. The van der Waals surface area contributed by atoms with Gasteiger partial charge >= 0.3 is 0 Å². The molecule has 110 valence electrons. The molecule has 1 aliphatic rings. The van der Waals surface area contributed by atoms with Crippen LogP contribution in [0.25, 0.3) is 0 Å². The Labute approximate surface area is 120 Å². The van der Waals surface area contributed by atoms with E-state index in [1.54, 1.807) is 7.05 Å². The van der Waals surface area contributed by atoms with Gasteiger partial charge in [0, 0.05) is 44.5 Å². The fraction of sp³-hybridized carbons (Fsp3) is 0.667. The summed E-state index contributed by atoms with van der Waals surface area (Å²) in [5.74, 6) is 1.02. The van der Waals surface area contributed by atoms with E-state index in [1.807, 2.05) is 12.4 Å². The van der Waals surface area contributed by atoms with E-state index in [0.717, 1.165) is 50.3 Å². The average molecular weight is 276 g/mol. The molecule has 20 heavy (non-hydrogen) atoms. The van der Waals surface area contributed by atoms with Crippen LogP contribution in [0.15, 0.2) is 12.4 Å². The van der Waals surface area contributed by atoms with Gasteiger partial charge < -0.3 is 5.32 Å². The van der Waals surface area contributed by atoms with Gasteiger partial charge in [-0.05, 0) is 26.3 Å². The SMILES string of the molecule is CCc1ncc(CN2CCC[C@](C)(C(=O)NC)C2)cn1. The normalized spacial score (nSPS) is 23.6. The van der Waals surface area contributed by atoms with Gasteiger partial charge in [0.1, 0.15) is 5.82 Å². The summed E-state index contributed by atoms with van der Waals surface area (Å²) in [4.78, 5) is 23.0. The van der Waals surface area contributed by atoms with Crippen molar-refractivity contribution in [2.24, 2.45) is 5.41 Å². The van der Waals surface area contributed by atoms with Crippen LogP contribution in [0.4, 0.5) is 0 Å². The predicted molar refractivity (Wildman–Crippen MR) is 78.1 cm³/mol. The first-order valence-corrected chi connectivity index (χ1v) is 7.32. The van der Waals surface area contributed by atoms with Crippen LogP contribution in [0.1, 0.15) is 38.1 Å². The van der Waals surface area contributed by atoms with E-state index < -0.39 is 0 Å². The van der Waals surface area contributed by atoms with Gasteiger partial charge in [-0.25, -0.2) is 9.97 Å². The summed E-state index contributed by atoms with van der Waals surface area (Å²) in [6.45, 7) is 6.74. The van der Waals surface area contributed by atoms with Crippen molar-refractivity contribution in [3.63, 3.8) is 0 Å². The van der Waals surface area contributed by atoms with Gasteiger partial charge in [0.25, 0.3) is 0 Å². The Morgan fingerprint density at radius 3 is 2.75 bits per heavy atom. The molecule has 2 heterocycles. The fourth-order valence-electron chi connectivity index (χ4n) is 2.87. The van der Waals surface area contributed by atoms with E-state index in [9.17, 15) is 4.79 Å². The first kappa shape index (κ1) is 14.9. The highest BCUT2D eigenvalue weighted by atomic mass is 16.2. The third kappa shape index (κ3) is 3.33. The average Bonchev–Trinajstić information content (AvgIpc) is 2.47. The van der Waals surface area contributed by atoms with E-state index in [-0.39, 0.29) is 11.3 Å². The number of piperidine rings is 1. The van der Waals surface area contributed by atoms with Crippen LogP contribution in [0.3, 0.4) is 0 Å². The third-order valence-electron chi connectivity index (χ3n) is 4.03. The van der Waals surface area contributed by atoms with Crippen molar-refractivity contribution in [2.45, 2.75) is 39.7 Å². The van der Waals surface area contributed by atoms with Crippen LogP contribution >= 0.6 is 0 Å². The number of carbonyl (C=O) groups is 1. The lowest BCUT2D eigenvalue weighted by atomic mass is 9.81. The first-order chi connectivity index (χ1) is 9.57. The number of hydrogen-bond acceptors (Lipinski definition) is 4. The maximum atomic E-state index is 12.0. The summed E-state index contributed by atoms with van der Waals surface area (Å²) in [7, 11) is 1.71. The second-order valence-corrected chi connectivity index (χ2v) is 5.82. The molecule has 5 nitrogen and oxygen atoms in total. The molecule has 0 unspecified atom stereocenters. The largest absolute Gasteiger partial charge is 0.359 e. The lowest BCUT2D eigenvalue weighted by Crippen LogP contribution is -2.49. The highest BCUT2D eigenvalue weighted by Gasteiger charge is 2.37. The molecule has 5 heteroatoms. The van der Waals surface area contributed by atoms with Gasteiger partial charge in [0.05, 0.1) is 5.41 Å². The molecule has 1 amide bonds. The molecule has 1 N–H and O–H groups in total. The number of nitrogens with zero attached hydrogens (tertiary/aromatic N) is 3. The predicted octanol–water partition coefficient (Wildman–Crippen LogP) is 1.39. The van der Waals surface area contributed by atoms with E-state index in [1.165, 1.54) is 0 Å². The molecule has 0 aliphatic carbocycles. The Morgan fingerprint density at radius 1 is 1.45 bits per heavy atom. The Hall–Kier alpha value is -1.49. The summed E-state index contributed by atoms with van der Waals surface area (Å²) in [5, 5.41) is 2.78. The third-order valence-corrected chi connectivity index (χ3v) is 4.03. The molecule has 1 saturated heterocycles. The molecule has 0 bridgehead atoms. The number of nitrogens with one attached hydrogen (secondary N) is 1. The van der Waals surface area contributed by atoms with E-state index in [4.69, 9.17) is 0 Å². The number of rotatable bonds is 4. The lowest BCUT2D eigenvalue weighted by molar-refractivity contribution is -0.132. The highest BCUT2D eigenvalue weighted by molar-refractivity contribution is 5.82. The Balaban J connectivity index is 2.00. The zero-order valence-corrected chi connectivity index (χ0v) is 12.6. The minimum absolute atomic E-state index is 0.139. The van der Waals surface area contributed by atoms with Gasteiger partial charge in [0.2, 0.25) is 5.91 Å². The minimum Gasteiger partial charge on any atom is -0.359 e. The fourth-order valence-corrected chi connectivity index (χ4v) is 2.87. The molecule has 1 aromatic heterocycles. The Kier molecular flexibility index (Phi) is 4.70. The second kappa shape index (κ2) is 6.31. The van der Waals surface area contributed by atoms with Crippen molar-refractivity contribution in [2.75, 3.05) is 20.1 Å². The van der Waals surface area contributed by atoms with Crippen molar-refractivity contribution < 1.29 is 4.79 Å². The van der Waals surface area contributed by atoms with Crippen molar-refractivity contribution in [3.8, 4) is 0 Å². The molecule has 1 aromatic rings. The van der Waals surface area contributed by atoms with Crippen molar-refractivity contribution in [1.82, 2.24) is 20.2 Å².